The summed E-state index contributed by atoms with van der Waals surface area (Å²) in [6.45, 7) is 8.99. The van der Waals surface area contributed by atoms with Gasteiger partial charge in [0.15, 0.2) is 10.9 Å². The Labute approximate surface area is 187 Å². The zero-order valence-corrected chi connectivity index (χ0v) is 19.1. The lowest BCUT2D eigenvalue weighted by atomic mass is 10.1. The molecule has 1 saturated heterocycles. The minimum atomic E-state index is -0.280. The standard InChI is InChI=1S/C24H28N4O2S/c1-4-19-6-5-7-21(16-19)28-23(27-12-14-30-15-13-27)25-26-24(28)31-18(3)22(29)20-10-8-17(2)9-11-20/h5-11,16,18H,4,12-15H2,1-3H3. The van der Waals surface area contributed by atoms with Gasteiger partial charge in [0.2, 0.25) is 5.95 Å². The molecule has 31 heavy (non-hydrogen) atoms. The fraction of sp³-hybridized carbons (Fsp3) is 0.375. The van der Waals surface area contributed by atoms with Gasteiger partial charge < -0.3 is 9.64 Å². The highest BCUT2D eigenvalue weighted by molar-refractivity contribution is 8.00. The Bertz CT molecular complexity index is 1040. The number of Topliss-reactive ketones (excluding diaryl/α,β-unsaturated/α-hetero) is 1. The smallest absolute Gasteiger partial charge is 0.232 e. The number of carbonyl (C=O) groups is 1. The summed E-state index contributed by atoms with van der Waals surface area (Å²) in [5.41, 5.74) is 4.13. The molecule has 0 radical (unpaired) electrons. The summed E-state index contributed by atoms with van der Waals surface area (Å²) in [5, 5.41) is 9.46. The lowest BCUT2D eigenvalue weighted by Gasteiger charge is -2.28. The van der Waals surface area contributed by atoms with Crippen molar-refractivity contribution < 1.29 is 9.53 Å². The molecule has 1 atom stereocenters. The van der Waals surface area contributed by atoms with E-state index in [2.05, 4.69) is 50.9 Å². The molecule has 0 spiro atoms. The first-order valence-electron chi connectivity index (χ1n) is 10.7. The quantitative estimate of drug-likeness (QED) is 0.406. The normalized spacial score (nSPS) is 15.1. The molecular formula is C24H28N4O2S. The van der Waals surface area contributed by atoms with Gasteiger partial charge in [-0.2, -0.15) is 0 Å². The van der Waals surface area contributed by atoms with E-state index in [-0.39, 0.29) is 11.0 Å². The number of hydrogen-bond acceptors (Lipinski definition) is 6. The molecular weight excluding hydrogens is 408 g/mol. The maximum Gasteiger partial charge on any atom is 0.232 e. The molecule has 3 aromatic rings. The second-order valence-corrected chi connectivity index (χ2v) is 9.04. The second-order valence-electron chi connectivity index (χ2n) is 7.73. The zero-order chi connectivity index (χ0) is 21.8. The number of aromatic nitrogens is 3. The maximum absolute atomic E-state index is 13.0. The highest BCUT2D eigenvalue weighted by atomic mass is 32.2. The summed E-state index contributed by atoms with van der Waals surface area (Å²) in [5.74, 6) is 0.892. The highest BCUT2D eigenvalue weighted by Gasteiger charge is 2.25. The topological polar surface area (TPSA) is 60.2 Å². The average molecular weight is 437 g/mol. The lowest BCUT2D eigenvalue weighted by molar-refractivity contribution is 0.0994. The molecule has 0 amide bonds. The first-order valence-corrected chi connectivity index (χ1v) is 11.6. The Morgan fingerprint density at radius 2 is 1.87 bits per heavy atom. The van der Waals surface area contributed by atoms with Crippen LogP contribution in [0.1, 0.15) is 35.3 Å². The Hall–Kier alpha value is -2.64. The van der Waals surface area contributed by atoms with Gasteiger partial charge in [-0.05, 0) is 38.0 Å². The van der Waals surface area contributed by atoms with Crippen LogP contribution in [0.15, 0.2) is 53.7 Å². The van der Waals surface area contributed by atoms with E-state index in [1.54, 1.807) is 0 Å². The first-order chi connectivity index (χ1) is 15.1. The molecule has 1 unspecified atom stereocenters. The summed E-state index contributed by atoms with van der Waals surface area (Å²) < 4.78 is 7.59. The molecule has 1 fully saturated rings. The lowest BCUT2D eigenvalue weighted by Crippen LogP contribution is -2.37. The van der Waals surface area contributed by atoms with Gasteiger partial charge in [0, 0.05) is 18.7 Å². The van der Waals surface area contributed by atoms with Gasteiger partial charge >= 0.3 is 0 Å². The Balaban J connectivity index is 1.67. The molecule has 0 aliphatic carbocycles. The molecule has 1 aliphatic heterocycles. The Morgan fingerprint density at radius 3 is 2.58 bits per heavy atom. The summed E-state index contributed by atoms with van der Waals surface area (Å²) >= 11 is 1.45. The number of anilines is 1. The van der Waals surface area contributed by atoms with Gasteiger partial charge in [-0.25, -0.2) is 0 Å². The number of ether oxygens (including phenoxy) is 1. The number of hydrogen-bond donors (Lipinski definition) is 0. The molecule has 7 heteroatoms. The molecule has 2 heterocycles. The van der Waals surface area contributed by atoms with Crippen molar-refractivity contribution in [3.63, 3.8) is 0 Å². The van der Waals surface area contributed by atoms with Crippen LogP contribution in [-0.2, 0) is 11.2 Å². The molecule has 6 nitrogen and oxygen atoms in total. The van der Waals surface area contributed by atoms with E-state index in [1.807, 2.05) is 38.1 Å². The molecule has 0 N–H and O–H groups in total. The van der Waals surface area contributed by atoms with Crippen LogP contribution in [0.4, 0.5) is 5.95 Å². The number of ketones is 1. The van der Waals surface area contributed by atoms with Crippen molar-refractivity contribution in [3.8, 4) is 5.69 Å². The molecule has 2 aromatic carbocycles. The maximum atomic E-state index is 13.0. The minimum absolute atomic E-state index is 0.0924. The number of nitrogens with zero attached hydrogens (tertiary/aromatic N) is 4. The van der Waals surface area contributed by atoms with Gasteiger partial charge in [0.1, 0.15) is 0 Å². The zero-order valence-electron chi connectivity index (χ0n) is 18.2. The number of rotatable bonds is 7. The van der Waals surface area contributed by atoms with E-state index in [9.17, 15) is 4.79 Å². The third-order valence-electron chi connectivity index (χ3n) is 5.47. The van der Waals surface area contributed by atoms with E-state index in [1.165, 1.54) is 17.3 Å². The summed E-state index contributed by atoms with van der Waals surface area (Å²) in [7, 11) is 0. The van der Waals surface area contributed by atoms with Crippen molar-refractivity contribution in [3.05, 3.63) is 65.2 Å². The van der Waals surface area contributed by atoms with Crippen LogP contribution in [0, 0.1) is 6.92 Å². The SMILES string of the molecule is CCc1cccc(-n2c(SC(C)C(=O)c3ccc(C)cc3)nnc2N2CCOCC2)c1. The Morgan fingerprint density at radius 1 is 1.13 bits per heavy atom. The number of morpholine rings is 1. The summed E-state index contributed by atoms with van der Waals surface area (Å²) in [6, 6.07) is 16.2. The van der Waals surface area contributed by atoms with Crippen molar-refractivity contribution in [1.29, 1.82) is 0 Å². The van der Waals surface area contributed by atoms with Crippen LogP contribution in [-0.4, -0.2) is 52.1 Å². The van der Waals surface area contributed by atoms with Crippen LogP contribution in [0.3, 0.4) is 0 Å². The van der Waals surface area contributed by atoms with Crippen LogP contribution in [0.5, 0.6) is 0 Å². The van der Waals surface area contributed by atoms with Crippen LogP contribution in [0.2, 0.25) is 0 Å². The fourth-order valence-corrected chi connectivity index (χ4v) is 4.55. The summed E-state index contributed by atoms with van der Waals surface area (Å²) in [4.78, 5) is 15.2. The van der Waals surface area contributed by atoms with Gasteiger partial charge in [0.05, 0.1) is 24.2 Å². The molecule has 0 bridgehead atoms. The number of thioether (sulfide) groups is 1. The van der Waals surface area contributed by atoms with Crippen molar-refractivity contribution in [2.45, 2.75) is 37.6 Å². The Kier molecular flexibility index (Phi) is 6.73. The molecule has 0 saturated carbocycles. The minimum Gasteiger partial charge on any atom is -0.378 e. The molecule has 1 aromatic heterocycles. The van der Waals surface area contributed by atoms with Crippen molar-refractivity contribution in [2.75, 3.05) is 31.2 Å². The van der Waals surface area contributed by atoms with Crippen molar-refractivity contribution in [2.24, 2.45) is 0 Å². The molecule has 1 aliphatic rings. The third kappa shape index (κ3) is 4.83. The molecule has 162 valence electrons. The van der Waals surface area contributed by atoms with Gasteiger partial charge in [-0.15, -0.1) is 10.2 Å². The average Bonchev–Trinajstić information content (AvgIpc) is 3.23. The largest absolute Gasteiger partial charge is 0.378 e. The number of carbonyl (C=O) groups excluding carboxylic acids is 1. The summed E-state index contributed by atoms with van der Waals surface area (Å²) in [6.07, 6.45) is 0.952. The number of aryl methyl sites for hydroxylation is 2. The van der Waals surface area contributed by atoms with Crippen LogP contribution in [0.25, 0.3) is 5.69 Å². The van der Waals surface area contributed by atoms with E-state index in [4.69, 9.17) is 4.74 Å². The van der Waals surface area contributed by atoms with E-state index in [0.717, 1.165) is 47.4 Å². The van der Waals surface area contributed by atoms with Gasteiger partial charge in [-0.3, -0.25) is 9.36 Å². The van der Waals surface area contributed by atoms with Crippen molar-refractivity contribution in [1.82, 2.24) is 14.8 Å². The molecule has 4 rings (SSSR count). The monoisotopic (exact) mass is 436 g/mol. The predicted molar refractivity (Wildman–Crippen MR) is 125 cm³/mol. The van der Waals surface area contributed by atoms with E-state index >= 15 is 0 Å². The fourth-order valence-electron chi connectivity index (χ4n) is 3.61. The van der Waals surface area contributed by atoms with Gasteiger partial charge in [-0.1, -0.05) is 60.6 Å². The third-order valence-corrected chi connectivity index (χ3v) is 6.52. The van der Waals surface area contributed by atoms with Crippen molar-refractivity contribution >= 4 is 23.5 Å². The first kappa shape index (κ1) is 21.6. The van der Waals surface area contributed by atoms with Gasteiger partial charge in [0.25, 0.3) is 0 Å². The van der Waals surface area contributed by atoms with E-state index < -0.39 is 0 Å². The van der Waals surface area contributed by atoms with Crippen LogP contribution < -0.4 is 4.90 Å². The predicted octanol–water partition coefficient (Wildman–Crippen LogP) is 4.34. The highest BCUT2D eigenvalue weighted by Crippen LogP contribution is 2.31. The second kappa shape index (κ2) is 9.66. The number of benzene rings is 2. The van der Waals surface area contributed by atoms with Crippen LogP contribution >= 0.6 is 11.8 Å². The van der Waals surface area contributed by atoms with E-state index in [0.29, 0.717) is 13.2 Å².